The van der Waals surface area contributed by atoms with Crippen molar-refractivity contribution < 1.29 is 14.6 Å². The van der Waals surface area contributed by atoms with Crippen molar-refractivity contribution in [3.05, 3.63) is 29.3 Å². The molecule has 0 aliphatic heterocycles. The molecule has 3 nitrogen and oxygen atoms in total. The van der Waals surface area contributed by atoms with Gasteiger partial charge in [0.1, 0.15) is 5.75 Å². The number of carboxylic acids is 1. The van der Waals surface area contributed by atoms with Crippen LogP contribution in [0.2, 0.25) is 5.02 Å². The van der Waals surface area contributed by atoms with Crippen LogP contribution in [0.1, 0.15) is 20.8 Å². The van der Waals surface area contributed by atoms with Crippen molar-refractivity contribution in [1.82, 2.24) is 0 Å². The van der Waals surface area contributed by atoms with Gasteiger partial charge in [0.25, 0.3) is 0 Å². The van der Waals surface area contributed by atoms with E-state index in [9.17, 15) is 4.79 Å². The van der Waals surface area contributed by atoms with Crippen LogP contribution in [0.4, 0.5) is 0 Å². The molecule has 0 spiro atoms. The summed E-state index contributed by atoms with van der Waals surface area (Å²) in [6.45, 7) is 5.46. The van der Waals surface area contributed by atoms with Crippen molar-refractivity contribution in [3.63, 3.8) is 0 Å². The predicted molar refractivity (Wildman–Crippen MR) is 63.0 cm³/mol. The van der Waals surface area contributed by atoms with Gasteiger partial charge in [-0.1, -0.05) is 32.4 Å². The van der Waals surface area contributed by atoms with E-state index in [1.807, 2.05) is 20.8 Å². The Bertz CT molecular complexity index is 365. The van der Waals surface area contributed by atoms with E-state index in [2.05, 4.69) is 0 Å². The number of carbonyl (C=O) groups is 1. The average Bonchev–Trinajstić information content (AvgIpc) is 2.14. The van der Waals surface area contributed by atoms with E-state index >= 15 is 0 Å². The Kier molecular flexibility index (Phi) is 3.81. The maximum Gasteiger partial charge on any atom is 0.345 e. The fourth-order valence-corrected chi connectivity index (χ4v) is 1.37. The molecule has 1 N–H and O–H groups in total. The van der Waals surface area contributed by atoms with Gasteiger partial charge >= 0.3 is 5.97 Å². The highest BCUT2D eigenvalue weighted by Crippen LogP contribution is 2.25. The topological polar surface area (TPSA) is 46.5 Å². The summed E-state index contributed by atoms with van der Waals surface area (Å²) in [4.78, 5) is 11.1. The largest absolute Gasteiger partial charge is 0.478 e. The summed E-state index contributed by atoms with van der Waals surface area (Å²) < 4.78 is 5.44. The van der Waals surface area contributed by atoms with Crippen molar-refractivity contribution in [2.75, 3.05) is 0 Å². The van der Waals surface area contributed by atoms with Crippen LogP contribution in [0, 0.1) is 5.41 Å². The average molecular weight is 243 g/mol. The van der Waals surface area contributed by atoms with Crippen LogP contribution in [-0.2, 0) is 4.79 Å². The van der Waals surface area contributed by atoms with Gasteiger partial charge in [0.2, 0.25) is 0 Å². The van der Waals surface area contributed by atoms with Crippen molar-refractivity contribution >= 4 is 17.6 Å². The number of ether oxygens (including phenoxy) is 1. The lowest BCUT2D eigenvalue weighted by Gasteiger charge is -2.27. The molecule has 88 valence electrons. The van der Waals surface area contributed by atoms with Crippen LogP contribution in [0.25, 0.3) is 0 Å². The van der Waals surface area contributed by atoms with Crippen molar-refractivity contribution in [1.29, 1.82) is 0 Å². The van der Waals surface area contributed by atoms with Gasteiger partial charge in [-0.05, 0) is 24.3 Å². The minimum absolute atomic E-state index is 0.467. The molecule has 0 bridgehead atoms. The van der Waals surface area contributed by atoms with Crippen LogP contribution in [0.5, 0.6) is 5.75 Å². The van der Waals surface area contributed by atoms with E-state index < -0.39 is 17.5 Å². The quantitative estimate of drug-likeness (QED) is 0.885. The molecule has 0 fully saturated rings. The first-order chi connectivity index (χ1) is 7.30. The highest BCUT2D eigenvalue weighted by molar-refractivity contribution is 6.30. The SMILES string of the molecule is CC(C)(C)C(Oc1ccc(Cl)cc1)C(=O)O. The van der Waals surface area contributed by atoms with Crippen LogP contribution >= 0.6 is 11.6 Å². The molecule has 1 atom stereocenters. The second-order valence-corrected chi connectivity index (χ2v) is 5.09. The summed E-state index contributed by atoms with van der Waals surface area (Å²) in [5, 5.41) is 9.67. The van der Waals surface area contributed by atoms with Gasteiger partial charge < -0.3 is 9.84 Å². The Hall–Kier alpha value is -1.22. The summed E-state index contributed by atoms with van der Waals surface area (Å²) in [5.74, 6) is -0.464. The molecule has 1 aromatic carbocycles. The molecule has 0 aliphatic carbocycles. The number of rotatable bonds is 3. The highest BCUT2D eigenvalue weighted by Gasteiger charge is 2.33. The van der Waals surface area contributed by atoms with Crippen molar-refractivity contribution in [2.45, 2.75) is 26.9 Å². The van der Waals surface area contributed by atoms with E-state index in [1.165, 1.54) is 0 Å². The first-order valence-corrected chi connectivity index (χ1v) is 5.33. The number of hydrogen-bond acceptors (Lipinski definition) is 2. The Morgan fingerprint density at radius 2 is 1.81 bits per heavy atom. The van der Waals surface area contributed by atoms with Crippen LogP contribution in [-0.4, -0.2) is 17.2 Å². The molecule has 1 aromatic rings. The Labute approximate surface area is 100.0 Å². The minimum Gasteiger partial charge on any atom is -0.478 e. The summed E-state index contributed by atoms with van der Waals surface area (Å²) in [7, 11) is 0. The number of aliphatic carboxylic acids is 1. The number of hydrogen-bond donors (Lipinski definition) is 1. The Morgan fingerprint density at radius 3 is 2.19 bits per heavy atom. The molecule has 0 saturated heterocycles. The lowest BCUT2D eigenvalue weighted by molar-refractivity contribution is -0.150. The highest BCUT2D eigenvalue weighted by atomic mass is 35.5. The second kappa shape index (κ2) is 4.74. The number of benzene rings is 1. The zero-order valence-electron chi connectivity index (χ0n) is 9.53. The first kappa shape index (κ1) is 12.8. The molecule has 1 rings (SSSR count). The van der Waals surface area contributed by atoms with Gasteiger partial charge in [-0.15, -0.1) is 0 Å². The number of carboxylic acid groups (broad SMARTS) is 1. The van der Waals surface area contributed by atoms with Crippen LogP contribution in [0.3, 0.4) is 0 Å². The third kappa shape index (κ3) is 3.42. The van der Waals surface area contributed by atoms with E-state index in [1.54, 1.807) is 24.3 Å². The molecule has 0 radical (unpaired) electrons. The van der Waals surface area contributed by atoms with E-state index in [-0.39, 0.29) is 0 Å². The summed E-state index contributed by atoms with van der Waals surface area (Å²) >= 11 is 5.73. The minimum atomic E-state index is -0.970. The van der Waals surface area contributed by atoms with E-state index in [0.29, 0.717) is 10.8 Å². The van der Waals surface area contributed by atoms with Gasteiger partial charge in [0.05, 0.1) is 0 Å². The Balaban J connectivity index is 2.84. The molecule has 0 aromatic heterocycles. The summed E-state index contributed by atoms with van der Waals surface area (Å²) in [6, 6.07) is 6.64. The van der Waals surface area contributed by atoms with Gasteiger partial charge in [0.15, 0.2) is 6.10 Å². The molecular weight excluding hydrogens is 228 g/mol. The number of halogens is 1. The molecular formula is C12H15ClO3. The normalized spacial score (nSPS) is 13.2. The fraction of sp³-hybridized carbons (Fsp3) is 0.417. The summed E-state index contributed by atoms with van der Waals surface area (Å²) in [5.41, 5.74) is -0.467. The molecule has 0 saturated carbocycles. The maximum atomic E-state index is 11.1. The van der Waals surface area contributed by atoms with Gasteiger partial charge in [-0.3, -0.25) is 0 Å². The van der Waals surface area contributed by atoms with Crippen LogP contribution < -0.4 is 4.74 Å². The van der Waals surface area contributed by atoms with Crippen molar-refractivity contribution in [2.24, 2.45) is 5.41 Å². The van der Waals surface area contributed by atoms with E-state index in [0.717, 1.165) is 0 Å². The predicted octanol–water partition coefficient (Wildman–Crippen LogP) is 3.22. The maximum absolute atomic E-state index is 11.1. The third-order valence-electron chi connectivity index (χ3n) is 2.08. The molecule has 4 heteroatoms. The molecule has 1 unspecified atom stereocenters. The smallest absolute Gasteiger partial charge is 0.345 e. The standard InChI is InChI=1S/C12H15ClO3/c1-12(2,3)10(11(14)15)16-9-6-4-8(13)5-7-9/h4-7,10H,1-3H3,(H,14,15). The molecule has 16 heavy (non-hydrogen) atoms. The van der Waals surface area contributed by atoms with Gasteiger partial charge in [-0.2, -0.15) is 0 Å². The summed E-state index contributed by atoms with van der Waals surface area (Å²) in [6.07, 6.45) is -0.881. The second-order valence-electron chi connectivity index (χ2n) is 4.66. The van der Waals surface area contributed by atoms with Crippen LogP contribution in [0.15, 0.2) is 24.3 Å². The molecule has 0 aliphatic rings. The van der Waals surface area contributed by atoms with Crippen molar-refractivity contribution in [3.8, 4) is 5.75 Å². The first-order valence-electron chi connectivity index (χ1n) is 4.96. The monoisotopic (exact) mass is 242 g/mol. The van der Waals surface area contributed by atoms with E-state index in [4.69, 9.17) is 21.4 Å². The fourth-order valence-electron chi connectivity index (χ4n) is 1.25. The third-order valence-corrected chi connectivity index (χ3v) is 2.33. The van der Waals surface area contributed by atoms with Gasteiger partial charge in [-0.25, -0.2) is 4.79 Å². The lowest BCUT2D eigenvalue weighted by atomic mass is 9.89. The lowest BCUT2D eigenvalue weighted by Crippen LogP contribution is -2.39. The molecule has 0 amide bonds. The zero-order valence-corrected chi connectivity index (χ0v) is 10.3. The zero-order chi connectivity index (χ0) is 12.3. The molecule has 0 heterocycles. The van der Waals surface area contributed by atoms with Gasteiger partial charge in [0, 0.05) is 10.4 Å². The Morgan fingerprint density at radius 1 is 1.31 bits per heavy atom.